The van der Waals surface area contributed by atoms with Gasteiger partial charge in [0.05, 0.1) is 33.3 Å². The summed E-state index contributed by atoms with van der Waals surface area (Å²) in [7, 11) is -3.08. The maximum Gasteiger partial charge on any atom is 0.161 e. The number of nitrogens with zero attached hydrogens (tertiary/aromatic N) is 1. The highest BCUT2D eigenvalue weighted by Gasteiger charge is 2.49. The van der Waals surface area contributed by atoms with Crippen molar-refractivity contribution >= 4 is 67.3 Å². The number of benzene rings is 1. The molecule has 20 heavy (non-hydrogen) atoms. The first-order chi connectivity index (χ1) is 9.28. The van der Waals surface area contributed by atoms with Gasteiger partial charge in [0.15, 0.2) is 15.0 Å². The minimum Gasteiger partial charge on any atom is -0.313 e. The van der Waals surface area contributed by atoms with Crippen molar-refractivity contribution in [3.8, 4) is 0 Å². The molecular formula is C11H9Cl3N2O2S2. The summed E-state index contributed by atoms with van der Waals surface area (Å²) in [6, 6.07) is 2.78. The Morgan fingerprint density at radius 2 is 1.80 bits per heavy atom. The smallest absolute Gasteiger partial charge is 0.161 e. The number of rotatable bonds is 1. The lowest BCUT2D eigenvalue weighted by atomic mass is 10.2. The Morgan fingerprint density at radius 1 is 1.20 bits per heavy atom. The summed E-state index contributed by atoms with van der Waals surface area (Å²) in [5, 5.41) is 9.22. The minimum atomic E-state index is -3.08. The van der Waals surface area contributed by atoms with E-state index in [1.54, 1.807) is 17.0 Å². The Morgan fingerprint density at radius 3 is 2.40 bits per heavy atom. The van der Waals surface area contributed by atoms with Crippen LogP contribution in [0, 0.1) is 5.41 Å². The highest BCUT2D eigenvalue weighted by molar-refractivity contribution is 8.15. The fourth-order valence-corrected chi connectivity index (χ4v) is 7.31. The molecule has 1 N–H and O–H groups in total. The van der Waals surface area contributed by atoms with E-state index >= 15 is 0 Å². The molecule has 2 saturated heterocycles. The average Bonchev–Trinajstić information content (AvgIpc) is 2.70. The predicted octanol–water partition coefficient (Wildman–Crippen LogP) is 3.30. The number of sulfone groups is 1. The van der Waals surface area contributed by atoms with Gasteiger partial charge in [-0.1, -0.05) is 46.6 Å². The number of fused-ring (bicyclic) bond motifs is 1. The quantitative estimate of drug-likeness (QED) is 0.823. The van der Waals surface area contributed by atoms with Gasteiger partial charge >= 0.3 is 0 Å². The van der Waals surface area contributed by atoms with Crippen LogP contribution in [0.5, 0.6) is 0 Å². The molecule has 2 atom stereocenters. The number of amidine groups is 1. The summed E-state index contributed by atoms with van der Waals surface area (Å²) in [6.07, 6.45) is 0. The summed E-state index contributed by atoms with van der Waals surface area (Å²) in [6.45, 7) is 0. The molecule has 2 aliphatic rings. The lowest BCUT2D eigenvalue weighted by Crippen LogP contribution is -2.37. The molecule has 0 aromatic heterocycles. The standard InChI is InChI=1S/C11H9Cl3N2O2S2/c12-5-1-6(13)10(7(14)2-5)16-8-3-20(17,18)4-9(8)19-11(16)15/h1-2,8-9,15H,3-4H2/t8-,9+/m0/s1. The van der Waals surface area contributed by atoms with E-state index in [2.05, 4.69) is 0 Å². The van der Waals surface area contributed by atoms with Crippen LogP contribution in [0.4, 0.5) is 5.69 Å². The normalized spacial score (nSPS) is 27.9. The summed E-state index contributed by atoms with van der Waals surface area (Å²) in [5.41, 5.74) is 0.458. The average molecular weight is 372 g/mol. The second-order valence-corrected chi connectivity index (χ2v) is 9.33. The van der Waals surface area contributed by atoms with E-state index in [1.165, 1.54) is 11.8 Å². The Hall–Kier alpha value is -0.140. The first-order valence-corrected chi connectivity index (χ1v) is 9.51. The van der Waals surface area contributed by atoms with Crippen molar-refractivity contribution in [2.24, 2.45) is 0 Å². The number of nitrogens with one attached hydrogen (secondary N) is 1. The van der Waals surface area contributed by atoms with Crippen LogP contribution in [0.2, 0.25) is 15.1 Å². The summed E-state index contributed by atoms with van der Waals surface area (Å²) >= 11 is 19.5. The maximum absolute atomic E-state index is 11.8. The van der Waals surface area contributed by atoms with Crippen molar-refractivity contribution in [2.45, 2.75) is 11.3 Å². The van der Waals surface area contributed by atoms with E-state index in [0.717, 1.165) is 0 Å². The molecule has 0 spiro atoms. The van der Waals surface area contributed by atoms with E-state index in [-0.39, 0.29) is 28.0 Å². The van der Waals surface area contributed by atoms with E-state index < -0.39 is 9.84 Å². The maximum atomic E-state index is 11.8. The lowest BCUT2D eigenvalue weighted by Gasteiger charge is -2.26. The highest BCUT2D eigenvalue weighted by atomic mass is 35.5. The van der Waals surface area contributed by atoms with Crippen molar-refractivity contribution in [2.75, 3.05) is 16.4 Å². The molecule has 1 aromatic rings. The topological polar surface area (TPSA) is 61.2 Å². The van der Waals surface area contributed by atoms with Crippen LogP contribution in [0.3, 0.4) is 0 Å². The zero-order chi connectivity index (χ0) is 14.7. The van der Waals surface area contributed by atoms with E-state index in [1.807, 2.05) is 0 Å². The monoisotopic (exact) mass is 370 g/mol. The fraction of sp³-hybridized carbons (Fsp3) is 0.364. The van der Waals surface area contributed by atoms with Gasteiger partial charge in [0, 0.05) is 10.3 Å². The van der Waals surface area contributed by atoms with Crippen molar-refractivity contribution in [3.05, 3.63) is 27.2 Å². The molecule has 0 radical (unpaired) electrons. The number of anilines is 1. The third-order valence-corrected chi connectivity index (χ3v) is 7.23. The molecular weight excluding hydrogens is 363 g/mol. The second kappa shape index (κ2) is 4.95. The summed E-state index contributed by atoms with van der Waals surface area (Å²) < 4.78 is 23.5. The SMILES string of the molecule is N=C1S[C@@H]2CS(=O)(=O)C[C@@H]2N1c1c(Cl)cc(Cl)cc1Cl. The van der Waals surface area contributed by atoms with Gasteiger partial charge in [-0.05, 0) is 12.1 Å². The summed E-state index contributed by atoms with van der Waals surface area (Å²) in [4.78, 5) is 1.61. The van der Waals surface area contributed by atoms with Crippen LogP contribution in [0.1, 0.15) is 0 Å². The van der Waals surface area contributed by atoms with E-state index in [9.17, 15) is 8.42 Å². The van der Waals surface area contributed by atoms with Crippen LogP contribution in [-0.2, 0) is 9.84 Å². The van der Waals surface area contributed by atoms with Gasteiger partial charge in [0.2, 0.25) is 0 Å². The molecule has 0 aliphatic carbocycles. The van der Waals surface area contributed by atoms with Crippen LogP contribution in [0.25, 0.3) is 0 Å². The molecule has 0 bridgehead atoms. The summed E-state index contributed by atoms with van der Waals surface area (Å²) in [5.74, 6) is 0.104. The Kier molecular flexibility index (Phi) is 3.66. The van der Waals surface area contributed by atoms with Gasteiger partial charge in [0.1, 0.15) is 0 Å². The lowest BCUT2D eigenvalue weighted by molar-refractivity contribution is 0.601. The van der Waals surface area contributed by atoms with Crippen molar-refractivity contribution in [1.29, 1.82) is 5.41 Å². The van der Waals surface area contributed by atoms with Gasteiger partial charge in [-0.15, -0.1) is 0 Å². The van der Waals surface area contributed by atoms with E-state index in [4.69, 9.17) is 40.2 Å². The molecule has 0 unspecified atom stereocenters. The predicted molar refractivity (Wildman–Crippen MR) is 85.5 cm³/mol. The largest absolute Gasteiger partial charge is 0.313 e. The Balaban J connectivity index is 2.08. The second-order valence-electron chi connectivity index (χ2n) is 4.69. The molecule has 0 saturated carbocycles. The van der Waals surface area contributed by atoms with Gasteiger partial charge in [-0.3, -0.25) is 5.41 Å². The van der Waals surface area contributed by atoms with Crippen LogP contribution in [-0.4, -0.2) is 36.4 Å². The molecule has 2 heterocycles. The Bertz CT molecular complexity index is 685. The number of halogens is 3. The van der Waals surface area contributed by atoms with Gasteiger partial charge in [-0.2, -0.15) is 0 Å². The van der Waals surface area contributed by atoms with Crippen LogP contribution < -0.4 is 4.90 Å². The first-order valence-electron chi connectivity index (χ1n) is 5.68. The highest BCUT2D eigenvalue weighted by Crippen LogP contribution is 2.45. The molecule has 108 valence electrons. The van der Waals surface area contributed by atoms with Gasteiger partial charge < -0.3 is 4.90 Å². The van der Waals surface area contributed by atoms with Crippen molar-refractivity contribution < 1.29 is 8.42 Å². The zero-order valence-electron chi connectivity index (χ0n) is 9.94. The van der Waals surface area contributed by atoms with Crippen LogP contribution in [0.15, 0.2) is 12.1 Å². The number of hydrogen-bond donors (Lipinski definition) is 1. The molecule has 0 amide bonds. The van der Waals surface area contributed by atoms with E-state index in [0.29, 0.717) is 20.8 Å². The fourth-order valence-electron chi connectivity index (χ4n) is 2.53. The van der Waals surface area contributed by atoms with Crippen molar-refractivity contribution in [3.63, 3.8) is 0 Å². The van der Waals surface area contributed by atoms with Crippen LogP contribution >= 0.6 is 46.6 Å². The first kappa shape index (κ1) is 14.8. The molecule has 1 aromatic carbocycles. The Labute approximate surface area is 135 Å². The number of hydrogen-bond acceptors (Lipinski definition) is 4. The molecule has 2 fully saturated rings. The molecule has 9 heteroatoms. The molecule has 4 nitrogen and oxygen atoms in total. The minimum absolute atomic E-state index is 0.0162. The van der Waals surface area contributed by atoms with Crippen molar-refractivity contribution in [1.82, 2.24) is 0 Å². The molecule has 2 aliphatic heterocycles. The molecule has 3 rings (SSSR count). The number of thioether (sulfide) groups is 1. The van der Waals surface area contributed by atoms with Gasteiger partial charge in [-0.25, -0.2) is 8.42 Å². The zero-order valence-corrected chi connectivity index (χ0v) is 13.8. The van der Waals surface area contributed by atoms with Gasteiger partial charge in [0.25, 0.3) is 0 Å². The third kappa shape index (κ3) is 2.41. The third-order valence-electron chi connectivity index (χ3n) is 3.31.